The molecule has 5 nitrogen and oxygen atoms in total. The first-order chi connectivity index (χ1) is 30.7. The second kappa shape index (κ2) is 42.3. The lowest BCUT2D eigenvalue weighted by atomic mass is 10.0. The first-order valence-corrected chi connectivity index (χ1v) is 30.0. The molecule has 0 saturated carbocycles. The van der Waals surface area contributed by atoms with Crippen LogP contribution in [0.25, 0.3) is 0 Å². The SMILES string of the molecule is C.[CH2-][N+](C)(C)CCNP(=O)(OCCCCCCCCC(CCCCCCCCC)SCc1ccccc1)OCCCCCCCCC(CCCCCCCCC)SCc1ccccc1. The van der Waals surface area contributed by atoms with Crippen molar-refractivity contribution in [1.29, 1.82) is 0 Å². The van der Waals surface area contributed by atoms with Gasteiger partial charge in [0.25, 0.3) is 0 Å². The van der Waals surface area contributed by atoms with Crippen molar-refractivity contribution in [2.75, 3.05) is 40.4 Å². The number of hydrogen-bond acceptors (Lipinski definition) is 5. The van der Waals surface area contributed by atoms with Crippen molar-refractivity contribution in [3.8, 4) is 0 Å². The molecule has 0 bridgehead atoms. The molecular formula is C56H103N2O3PS2. The van der Waals surface area contributed by atoms with E-state index in [1.807, 2.05) is 0 Å². The minimum absolute atomic E-state index is 0. The molecule has 0 spiro atoms. The maximum absolute atomic E-state index is 13.8. The van der Waals surface area contributed by atoms with Crippen LogP contribution in [0.2, 0.25) is 0 Å². The summed E-state index contributed by atoms with van der Waals surface area (Å²) in [5.41, 5.74) is 2.90. The molecule has 0 aromatic heterocycles. The fourth-order valence-corrected chi connectivity index (χ4v) is 12.2. The first-order valence-electron chi connectivity index (χ1n) is 26.4. The zero-order chi connectivity index (χ0) is 45.4. The van der Waals surface area contributed by atoms with Gasteiger partial charge >= 0.3 is 7.75 Å². The predicted octanol–water partition coefficient (Wildman–Crippen LogP) is 18.6. The van der Waals surface area contributed by atoms with Crippen LogP contribution in [0.3, 0.4) is 0 Å². The standard InChI is InChI=1S/C55H99N2O3PS2.CH4/c1-6-8-10-12-14-20-32-42-54(62-50-52-38-28-26-29-39-52)44-34-22-16-18-24-36-48-59-61(58,56-46-47-57(3,4)5)60-49-37-25-19-17-23-35-45-55(43-33-21-15-13-11-9-7-2)63-51-53-40-30-27-31-41-53;/h26-31,38-41,54-55H,3,6-25,32-37,42-51H2,1-2,4-5H3,(H,56,58);1H4. The van der Waals surface area contributed by atoms with E-state index < -0.39 is 7.75 Å². The molecule has 0 aliphatic carbocycles. The lowest BCUT2D eigenvalue weighted by Crippen LogP contribution is -2.38. The van der Waals surface area contributed by atoms with Crippen molar-refractivity contribution in [3.05, 3.63) is 78.8 Å². The zero-order valence-electron chi connectivity index (χ0n) is 41.5. The van der Waals surface area contributed by atoms with Gasteiger partial charge in [-0.15, -0.1) is 7.05 Å². The molecule has 2 unspecified atom stereocenters. The summed E-state index contributed by atoms with van der Waals surface area (Å²) >= 11 is 4.36. The summed E-state index contributed by atoms with van der Waals surface area (Å²) < 4.78 is 26.4. The van der Waals surface area contributed by atoms with E-state index in [-0.39, 0.29) is 7.43 Å². The predicted molar refractivity (Wildman–Crippen MR) is 289 cm³/mol. The number of thioether (sulfide) groups is 2. The average Bonchev–Trinajstić information content (AvgIpc) is 3.27. The lowest BCUT2D eigenvalue weighted by molar-refractivity contribution is -0.844. The summed E-state index contributed by atoms with van der Waals surface area (Å²) in [5.74, 6) is 2.26. The minimum Gasteiger partial charge on any atom is -0.461 e. The van der Waals surface area contributed by atoms with Gasteiger partial charge in [-0.1, -0.05) is 236 Å². The molecule has 2 aromatic carbocycles. The summed E-state index contributed by atoms with van der Waals surface area (Å²) in [6.45, 7) is 6.87. The molecule has 372 valence electrons. The Kier molecular flexibility index (Phi) is 40.5. The summed E-state index contributed by atoms with van der Waals surface area (Å²) in [6, 6.07) is 22.0. The van der Waals surface area contributed by atoms with E-state index in [1.165, 1.54) is 178 Å². The minimum atomic E-state index is -3.35. The molecule has 0 fully saturated rings. The van der Waals surface area contributed by atoms with Crippen molar-refractivity contribution in [1.82, 2.24) is 5.09 Å². The monoisotopic (exact) mass is 947 g/mol. The highest BCUT2D eigenvalue weighted by molar-refractivity contribution is 7.99. The highest BCUT2D eigenvalue weighted by Crippen LogP contribution is 2.44. The van der Waals surface area contributed by atoms with Gasteiger partial charge in [0, 0.05) is 36.1 Å². The number of hydrogen-bond donors (Lipinski definition) is 1. The van der Waals surface area contributed by atoms with Crippen molar-refractivity contribution in [3.63, 3.8) is 0 Å². The van der Waals surface area contributed by atoms with Gasteiger partial charge in [-0.3, -0.25) is 9.05 Å². The number of likely N-dealkylation sites (N-methyl/N-ethyl adjacent to an activating group) is 1. The number of nitrogens with zero attached hydrogens (tertiary/aromatic N) is 1. The first kappa shape index (κ1) is 61.2. The van der Waals surface area contributed by atoms with Crippen molar-refractivity contribution in [2.24, 2.45) is 0 Å². The zero-order valence-corrected chi connectivity index (χ0v) is 44.1. The molecule has 2 atom stereocenters. The third-order valence-electron chi connectivity index (χ3n) is 12.3. The molecule has 8 heteroatoms. The fraction of sp³-hybridized carbons (Fsp3) is 0.768. The van der Waals surface area contributed by atoms with Gasteiger partial charge in [0.05, 0.1) is 26.3 Å². The summed E-state index contributed by atoms with van der Waals surface area (Å²) in [7, 11) is 4.92. The molecule has 2 aromatic rings. The van der Waals surface area contributed by atoms with Crippen LogP contribution >= 0.6 is 31.3 Å². The second-order valence-electron chi connectivity index (χ2n) is 19.2. The van der Waals surface area contributed by atoms with Gasteiger partial charge in [0.2, 0.25) is 0 Å². The van der Waals surface area contributed by atoms with E-state index in [4.69, 9.17) is 9.05 Å². The summed E-state index contributed by atoms with van der Waals surface area (Å²) in [5, 5.41) is 4.70. The second-order valence-corrected chi connectivity index (χ2v) is 23.6. The molecule has 0 saturated heterocycles. The summed E-state index contributed by atoms with van der Waals surface area (Å²) in [4.78, 5) is 0. The Bertz CT molecular complexity index is 1230. The third-order valence-corrected chi connectivity index (χ3v) is 16.8. The van der Waals surface area contributed by atoms with Crippen LogP contribution in [0.1, 0.15) is 225 Å². The van der Waals surface area contributed by atoms with Gasteiger partial charge in [0.15, 0.2) is 0 Å². The fourth-order valence-electron chi connectivity index (χ4n) is 8.21. The van der Waals surface area contributed by atoms with E-state index in [0.29, 0.717) is 24.2 Å². The van der Waals surface area contributed by atoms with E-state index in [0.717, 1.165) is 54.2 Å². The molecule has 0 heterocycles. The Balaban J connectivity index is 0.0000205. The average molecular weight is 948 g/mol. The highest BCUT2D eigenvalue weighted by Gasteiger charge is 2.24. The molecule has 0 aliphatic rings. The topological polar surface area (TPSA) is 47.6 Å². The smallest absolute Gasteiger partial charge is 0.405 e. The molecule has 2 rings (SSSR count). The maximum atomic E-state index is 13.8. The van der Waals surface area contributed by atoms with E-state index >= 15 is 0 Å². The molecule has 64 heavy (non-hydrogen) atoms. The largest absolute Gasteiger partial charge is 0.461 e. The number of benzene rings is 2. The number of unbranched alkanes of at least 4 members (excludes halogenated alkanes) is 22. The van der Waals surface area contributed by atoms with Crippen LogP contribution < -0.4 is 5.09 Å². The van der Waals surface area contributed by atoms with Gasteiger partial charge in [-0.25, -0.2) is 9.65 Å². The van der Waals surface area contributed by atoms with E-state index in [9.17, 15) is 4.57 Å². The Labute approximate surface area is 407 Å². The van der Waals surface area contributed by atoms with Crippen LogP contribution in [-0.2, 0) is 25.1 Å². The van der Waals surface area contributed by atoms with E-state index in [1.54, 1.807) is 0 Å². The third kappa shape index (κ3) is 37.2. The van der Waals surface area contributed by atoms with Crippen LogP contribution in [0, 0.1) is 7.05 Å². The van der Waals surface area contributed by atoms with Crippen LogP contribution in [0.4, 0.5) is 0 Å². The van der Waals surface area contributed by atoms with Crippen molar-refractivity contribution in [2.45, 2.75) is 236 Å². The maximum Gasteiger partial charge on any atom is 0.405 e. The molecule has 0 amide bonds. The number of nitrogens with one attached hydrogen (secondary N) is 1. The van der Waals surface area contributed by atoms with Crippen molar-refractivity contribution < 1.29 is 18.1 Å². The van der Waals surface area contributed by atoms with Crippen LogP contribution in [-0.4, -0.2) is 55.4 Å². The normalized spacial score (nSPS) is 13.7. The molecule has 1 N–H and O–H groups in total. The Hall–Kier alpha value is -0.790. The number of quaternary nitrogens is 1. The molecule has 0 aliphatic heterocycles. The van der Waals surface area contributed by atoms with Gasteiger partial charge in [-0.2, -0.15) is 23.5 Å². The molecule has 0 radical (unpaired) electrons. The highest BCUT2D eigenvalue weighted by atomic mass is 32.2. The Morgan fingerprint density at radius 3 is 1.16 bits per heavy atom. The quantitative estimate of drug-likeness (QED) is 0.0309. The van der Waals surface area contributed by atoms with Gasteiger partial charge in [-0.05, 0) is 49.7 Å². The Morgan fingerprint density at radius 1 is 0.516 bits per heavy atom. The molecular weight excluding hydrogens is 844 g/mol. The van der Waals surface area contributed by atoms with Crippen molar-refractivity contribution >= 4 is 31.3 Å². The Morgan fingerprint density at radius 2 is 0.828 bits per heavy atom. The van der Waals surface area contributed by atoms with Crippen LogP contribution in [0.15, 0.2) is 60.7 Å². The van der Waals surface area contributed by atoms with Gasteiger partial charge < -0.3 is 4.48 Å². The van der Waals surface area contributed by atoms with E-state index in [2.05, 4.69) is 124 Å². The lowest BCUT2D eigenvalue weighted by Gasteiger charge is -2.33. The summed E-state index contributed by atoms with van der Waals surface area (Å²) in [6.07, 6.45) is 39.1. The van der Waals surface area contributed by atoms with Gasteiger partial charge in [0.1, 0.15) is 0 Å². The van der Waals surface area contributed by atoms with Crippen LogP contribution in [0.5, 0.6) is 0 Å². The number of rotatable bonds is 46.